The molecule has 1 N–H and O–H groups in total. The fourth-order valence-electron chi connectivity index (χ4n) is 2.80. The Balaban J connectivity index is 1.57. The lowest BCUT2D eigenvalue weighted by Gasteiger charge is -2.32. The first-order valence-electron chi connectivity index (χ1n) is 8.93. The van der Waals surface area contributed by atoms with Crippen LogP contribution in [0.25, 0.3) is 0 Å². The average molecular weight is 359 g/mol. The van der Waals surface area contributed by atoms with E-state index < -0.39 is 0 Å². The van der Waals surface area contributed by atoms with E-state index in [0.717, 1.165) is 11.5 Å². The second kappa shape index (κ2) is 8.27. The van der Waals surface area contributed by atoms with Gasteiger partial charge in [0.15, 0.2) is 5.82 Å². The first-order valence-corrected chi connectivity index (χ1v) is 8.93. The van der Waals surface area contributed by atoms with Gasteiger partial charge in [0.2, 0.25) is 11.8 Å². The lowest BCUT2D eigenvalue weighted by atomic mass is 10.1. The number of morpholine rings is 1. The number of hydrogen-bond acceptors (Lipinski definition) is 7. The van der Waals surface area contributed by atoms with Crippen molar-refractivity contribution in [2.24, 2.45) is 0 Å². The highest BCUT2D eigenvalue weighted by atomic mass is 16.5. The molecular formula is C18H25N5O3. The van der Waals surface area contributed by atoms with Crippen LogP contribution in [0.15, 0.2) is 22.7 Å². The van der Waals surface area contributed by atoms with E-state index in [4.69, 9.17) is 9.26 Å². The molecule has 2 aromatic rings. The SMILES string of the molecule is CNc1cccc(C2CN(C(=O)CCc3nc(C(C)C)no3)CCO2)n1. The fourth-order valence-corrected chi connectivity index (χ4v) is 2.80. The van der Waals surface area contributed by atoms with Crippen molar-refractivity contribution in [2.45, 2.75) is 38.7 Å². The first kappa shape index (κ1) is 18.3. The molecule has 3 heterocycles. The van der Waals surface area contributed by atoms with Crippen molar-refractivity contribution in [3.63, 3.8) is 0 Å². The predicted molar refractivity (Wildman–Crippen MR) is 95.8 cm³/mol. The van der Waals surface area contributed by atoms with Gasteiger partial charge in [-0.3, -0.25) is 4.79 Å². The number of amides is 1. The zero-order valence-corrected chi connectivity index (χ0v) is 15.4. The molecule has 1 saturated heterocycles. The number of aromatic nitrogens is 3. The normalized spacial score (nSPS) is 17.5. The Morgan fingerprint density at radius 2 is 2.23 bits per heavy atom. The molecule has 1 aliphatic heterocycles. The van der Waals surface area contributed by atoms with Gasteiger partial charge in [-0.15, -0.1) is 0 Å². The van der Waals surface area contributed by atoms with Crippen LogP contribution < -0.4 is 5.32 Å². The maximum Gasteiger partial charge on any atom is 0.227 e. The highest BCUT2D eigenvalue weighted by Crippen LogP contribution is 2.22. The molecule has 0 spiro atoms. The molecule has 0 aromatic carbocycles. The van der Waals surface area contributed by atoms with Crippen LogP contribution in [0.1, 0.15) is 49.7 Å². The molecule has 0 aliphatic carbocycles. The van der Waals surface area contributed by atoms with E-state index in [-0.39, 0.29) is 17.9 Å². The molecule has 140 valence electrons. The van der Waals surface area contributed by atoms with Gasteiger partial charge in [-0.05, 0) is 12.1 Å². The van der Waals surface area contributed by atoms with Gasteiger partial charge in [0, 0.05) is 32.4 Å². The Hall–Kier alpha value is -2.48. The van der Waals surface area contributed by atoms with Crippen LogP contribution in [0.5, 0.6) is 0 Å². The van der Waals surface area contributed by atoms with Crippen LogP contribution in [-0.2, 0) is 16.0 Å². The zero-order valence-electron chi connectivity index (χ0n) is 15.4. The third-order valence-corrected chi connectivity index (χ3v) is 4.33. The maximum absolute atomic E-state index is 12.6. The van der Waals surface area contributed by atoms with Crippen LogP contribution >= 0.6 is 0 Å². The molecule has 0 bridgehead atoms. The zero-order chi connectivity index (χ0) is 18.5. The van der Waals surface area contributed by atoms with Crippen LogP contribution in [0, 0.1) is 0 Å². The van der Waals surface area contributed by atoms with Gasteiger partial charge in [0.1, 0.15) is 11.9 Å². The minimum absolute atomic E-state index is 0.0624. The van der Waals surface area contributed by atoms with Crippen molar-refractivity contribution < 1.29 is 14.1 Å². The lowest BCUT2D eigenvalue weighted by molar-refractivity contribution is -0.139. The van der Waals surface area contributed by atoms with E-state index in [2.05, 4.69) is 20.4 Å². The number of aryl methyl sites for hydroxylation is 1. The number of carbonyl (C=O) groups is 1. The summed E-state index contributed by atoms with van der Waals surface area (Å²) in [7, 11) is 1.83. The predicted octanol–water partition coefficient (Wildman–Crippen LogP) is 2.16. The van der Waals surface area contributed by atoms with Crippen molar-refractivity contribution >= 4 is 11.7 Å². The van der Waals surface area contributed by atoms with Crippen molar-refractivity contribution in [3.8, 4) is 0 Å². The third-order valence-electron chi connectivity index (χ3n) is 4.33. The number of pyridine rings is 1. The van der Waals surface area contributed by atoms with Crippen molar-refractivity contribution in [1.29, 1.82) is 0 Å². The second-order valence-electron chi connectivity index (χ2n) is 6.60. The van der Waals surface area contributed by atoms with Crippen molar-refractivity contribution in [3.05, 3.63) is 35.6 Å². The third kappa shape index (κ3) is 4.37. The molecule has 1 atom stereocenters. The minimum Gasteiger partial charge on any atom is -0.373 e. The van der Waals surface area contributed by atoms with Gasteiger partial charge in [0.05, 0.1) is 18.8 Å². The lowest BCUT2D eigenvalue weighted by Crippen LogP contribution is -2.42. The number of nitrogens with one attached hydrogen (secondary N) is 1. The van der Waals surface area contributed by atoms with Crippen LogP contribution in [-0.4, -0.2) is 52.7 Å². The molecule has 0 saturated carbocycles. The fraction of sp³-hybridized carbons (Fsp3) is 0.556. The Kier molecular flexibility index (Phi) is 5.82. The van der Waals surface area contributed by atoms with Crippen molar-refractivity contribution in [1.82, 2.24) is 20.0 Å². The van der Waals surface area contributed by atoms with Crippen molar-refractivity contribution in [2.75, 3.05) is 32.1 Å². The monoisotopic (exact) mass is 359 g/mol. The van der Waals surface area contributed by atoms with Crippen LogP contribution in [0.4, 0.5) is 5.82 Å². The van der Waals surface area contributed by atoms with E-state index in [1.54, 1.807) is 0 Å². The van der Waals surface area contributed by atoms with Gasteiger partial charge in [0.25, 0.3) is 0 Å². The molecule has 26 heavy (non-hydrogen) atoms. The smallest absolute Gasteiger partial charge is 0.227 e. The number of ether oxygens (including phenoxy) is 1. The van der Waals surface area contributed by atoms with Gasteiger partial charge >= 0.3 is 0 Å². The maximum atomic E-state index is 12.6. The number of rotatable bonds is 6. The molecular weight excluding hydrogens is 334 g/mol. The average Bonchev–Trinajstić information content (AvgIpc) is 3.15. The van der Waals surface area contributed by atoms with Gasteiger partial charge in [-0.25, -0.2) is 4.98 Å². The summed E-state index contributed by atoms with van der Waals surface area (Å²) in [5.41, 5.74) is 0.827. The summed E-state index contributed by atoms with van der Waals surface area (Å²) in [6.45, 7) is 5.59. The van der Waals surface area contributed by atoms with Gasteiger partial charge in [-0.1, -0.05) is 25.1 Å². The second-order valence-corrected chi connectivity index (χ2v) is 6.60. The first-order chi connectivity index (χ1) is 12.6. The molecule has 1 amide bonds. The molecule has 8 nitrogen and oxygen atoms in total. The standard InChI is InChI=1S/C18H25N5O3/c1-12(2)18-21-16(26-22-18)7-8-17(24)23-9-10-25-14(11-23)13-5-4-6-15(19-3)20-13/h4-6,12,14H,7-11H2,1-3H3,(H,19,20). The van der Waals surface area contributed by atoms with E-state index in [1.165, 1.54) is 0 Å². The Morgan fingerprint density at radius 3 is 2.96 bits per heavy atom. The summed E-state index contributed by atoms with van der Waals surface area (Å²) in [6, 6.07) is 5.75. The molecule has 8 heteroatoms. The van der Waals surface area contributed by atoms with Gasteiger partial charge in [-0.2, -0.15) is 4.98 Å². The van der Waals surface area contributed by atoms with Gasteiger partial charge < -0.3 is 19.5 Å². The summed E-state index contributed by atoms with van der Waals surface area (Å²) < 4.78 is 11.0. The number of carbonyl (C=O) groups excluding carboxylic acids is 1. The van der Waals surface area contributed by atoms with E-state index in [1.807, 2.05) is 44.0 Å². The summed E-state index contributed by atoms with van der Waals surface area (Å²) in [5.74, 6) is 2.24. The summed E-state index contributed by atoms with van der Waals surface area (Å²) in [6.07, 6.45) is 0.585. The molecule has 0 radical (unpaired) electrons. The quantitative estimate of drug-likeness (QED) is 0.845. The molecule has 1 fully saturated rings. The topological polar surface area (TPSA) is 93.4 Å². The van der Waals surface area contributed by atoms with E-state index in [0.29, 0.717) is 44.3 Å². The summed E-state index contributed by atoms with van der Waals surface area (Å²) in [5, 5.41) is 6.95. The molecule has 2 aromatic heterocycles. The Morgan fingerprint density at radius 1 is 1.38 bits per heavy atom. The Labute approximate surface area is 152 Å². The highest BCUT2D eigenvalue weighted by Gasteiger charge is 2.26. The molecule has 1 aliphatic rings. The molecule has 1 unspecified atom stereocenters. The van der Waals surface area contributed by atoms with E-state index in [9.17, 15) is 4.79 Å². The highest BCUT2D eigenvalue weighted by molar-refractivity contribution is 5.76. The summed E-state index contributed by atoms with van der Waals surface area (Å²) in [4.78, 5) is 23.2. The number of anilines is 1. The Bertz CT molecular complexity index is 746. The minimum atomic E-state index is -0.211. The largest absolute Gasteiger partial charge is 0.373 e. The number of nitrogens with zero attached hydrogens (tertiary/aromatic N) is 4. The summed E-state index contributed by atoms with van der Waals surface area (Å²) >= 11 is 0. The van der Waals surface area contributed by atoms with Crippen LogP contribution in [0.2, 0.25) is 0 Å². The van der Waals surface area contributed by atoms with Crippen LogP contribution in [0.3, 0.4) is 0 Å². The van der Waals surface area contributed by atoms with E-state index >= 15 is 0 Å². The molecule has 3 rings (SSSR count). The number of hydrogen-bond donors (Lipinski definition) is 1.